The number of carboxylic acid groups (broad SMARTS) is 1. The molecule has 116 heavy (non-hydrogen) atoms. The van der Waals surface area contributed by atoms with Crippen LogP contribution in [0.1, 0.15) is 216 Å². The Kier molecular flexibility index (Phi) is 36.0. The van der Waals surface area contributed by atoms with Crippen LogP contribution in [-0.2, 0) is 52.6 Å². The highest BCUT2D eigenvalue weighted by atomic mass is 32.2. The largest absolute Gasteiger partial charge is 0.478 e. The summed E-state index contributed by atoms with van der Waals surface area (Å²) in [4.78, 5) is 109. The summed E-state index contributed by atoms with van der Waals surface area (Å²) in [6.07, 6.45) is 15.1. The first-order valence-corrected chi connectivity index (χ1v) is 44.8. The van der Waals surface area contributed by atoms with E-state index >= 15 is 0 Å². The molecule has 2 saturated heterocycles. The van der Waals surface area contributed by atoms with E-state index in [1.807, 2.05) is 145 Å². The van der Waals surface area contributed by atoms with E-state index in [-0.39, 0.29) is 59.3 Å². The number of aliphatic carboxylic acids is 1. The predicted octanol–water partition coefficient (Wildman–Crippen LogP) is 21.1. The van der Waals surface area contributed by atoms with Gasteiger partial charge in [-0.3, -0.25) is 14.4 Å². The number of hydrogen-bond acceptors (Lipinski definition) is 18. The average Bonchev–Trinajstić information content (AvgIpc) is 1.76. The molecule has 2 aliphatic heterocycles. The van der Waals surface area contributed by atoms with Crippen LogP contribution in [0, 0.1) is 88.9 Å². The van der Waals surface area contributed by atoms with Crippen molar-refractivity contribution in [2.75, 3.05) is 71.4 Å². The van der Waals surface area contributed by atoms with Crippen LogP contribution >= 0.6 is 35.3 Å². The minimum Gasteiger partial charge on any atom is -0.478 e. The molecule has 0 aromatic heterocycles. The maximum atomic E-state index is 13.7. The number of thioether (sulfide) groups is 3. The fourth-order valence-corrected chi connectivity index (χ4v) is 16.6. The van der Waals surface area contributed by atoms with Crippen molar-refractivity contribution in [1.82, 2.24) is 9.80 Å². The Morgan fingerprint density at radius 2 is 0.707 bits per heavy atom. The standard InChI is InChI=1S/C34H47NO6S.C32H43NO6S.C29H38O4S/c1-9-39-32(37)34(6,7)41-31-23(4)18-25(19-24(31)5)10-11-27-20-35(33(38)40-17-16-22(2)3)21-29(27)30(36)26-12-14-28(42-8)15-13-26;1-20(2)14-15-38-31(37)33-18-25(27(19-33)28(34)24-10-12-26(40-7)13-11-24)9-8-23-16-21(3)29(22(4)17-23)39-32(5,6)30(35)36;1-7-32-28(31)29(4,5)33-27-19(2)17-21(18-20(27)3)11-12-22-9-8-10-25(22)26(30)23-13-15-24(34-6)16-14-23/h12-15,18-19,22,27,29H,9-11,16-17,20-21H2,1-8H3;10-13,16-17,20,25,27H,8-9,14-15,18-19H2,1-7H3,(H,35,36);13-18,22,25H,7-12H2,1-6H3/t27-,29-;25-,27-;22-,25+/m001/s1. The van der Waals surface area contributed by atoms with Crippen molar-refractivity contribution < 1.29 is 76.6 Å². The lowest BCUT2D eigenvalue weighted by Gasteiger charge is -2.26. The number of ether oxygens (including phenoxy) is 7. The van der Waals surface area contributed by atoms with E-state index < -0.39 is 28.7 Å². The zero-order valence-electron chi connectivity index (χ0n) is 72.6. The topological polar surface area (TPSA) is 228 Å². The predicted molar refractivity (Wildman–Crippen MR) is 465 cm³/mol. The van der Waals surface area contributed by atoms with Crippen molar-refractivity contribution in [3.63, 3.8) is 0 Å². The second-order valence-corrected chi connectivity index (χ2v) is 36.2. The number of likely N-dealkylation sites (tertiary alicyclic amines) is 2. The second kappa shape index (κ2) is 44.0. The molecule has 1 aliphatic carbocycles. The molecule has 21 heteroatoms. The van der Waals surface area contributed by atoms with Gasteiger partial charge in [0.05, 0.1) is 26.4 Å². The Bertz CT molecular complexity index is 4250. The summed E-state index contributed by atoms with van der Waals surface area (Å²) in [6, 6.07) is 35.9. The summed E-state index contributed by atoms with van der Waals surface area (Å²) in [5.74, 6) is 1.46. The van der Waals surface area contributed by atoms with Crippen LogP contribution in [0.4, 0.5) is 9.59 Å². The molecule has 18 nitrogen and oxygen atoms in total. The number of carboxylic acids is 1. The molecule has 9 rings (SSSR count). The van der Waals surface area contributed by atoms with Crippen LogP contribution in [0.2, 0.25) is 0 Å². The van der Waals surface area contributed by atoms with Gasteiger partial charge < -0.3 is 48.1 Å². The number of carbonyl (C=O) groups is 8. The van der Waals surface area contributed by atoms with Gasteiger partial charge in [0.1, 0.15) is 17.2 Å². The molecule has 632 valence electrons. The number of rotatable bonds is 35. The third kappa shape index (κ3) is 26.9. The quantitative estimate of drug-likeness (QED) is 0.0169. The summed E-state index contributed by atoms with van der Waals surface area (Å²) in [5, 5.41) is 9.46. The van der Waals surface area contributed by atoms with Crippen LogP contribution in [0.3, 0.4) is 0 Å². The summed E-state index contributed by atoms with van der Waals surface area (Å²) in [6.45, 7) is 36.8. The fourth-order valence-electron chi connectivity index (χ4n) is 15.4. The van der Waals surface area contributed by atoms with Gasteiger partial charge in [0, 0.05) is 75.3 Å². The fraction of sp³-hybridized carbons (Fsp3) is 0.537. The first-order valence-electron chi connectivity index (χ1n) is 41.2. The SMILES string of the molecule is CCOC(=O)C(C)(C)Oc1c(C)cc(CC[C@H]2CCC[C@@H]2C(=O)c2ccc(SC)cc2)cc1C.CCOC(=O)C(C)(C)Oc1c(C)cc(CC[C@H]2CN(C(=O)OCCC(C)C)C[C@@H]2C(=O)c2ccc(SC)cc2)cc1C.CSc1ccc(C(=O)[C@H]2CN(C(=O)OCCC(C)C)C[C@@H]2CCc2cc(C)c(OC(C)(C)C(=O)O)c(C)c2)cc1. The molecule has 0 spiro atoms. The normalized spacial score (nSPS) is 17.4. The molecule has 1 saturated carbocycles. The zero-order chi connectivity index (χ0) is 85.5. The smallest absolute Gasteiger partial charge is 0.409 e. The molecule has 3 aliphatic rings. The molecular formula is C95H128N2O16S3. The molecule has 2 heterocycles. The number of amides is 2. The molecule has 0 unspecified atom stereocenters. The average molecular weight is 1650 g/mol. The monoisotopic (exact) mass is 1650 g/mol. The number of ketones is 3. The molecule has 2 amide bonds. The highest BCUT2D eigenvalue weighted by Gasteiger charge is 2.43. The van der Waals surface area contributed by atoms with E-state index in [1.165, 1.54) is 24.3 Å². The van der Waals surface area contributed by atoms with Crippen molar-refractivity contribution in [2.45, 2.75) is 227 Å². The van der Waals surface area contributed by atoms with Crippen LogP contribution in [-0.4, -0.2) is 151 Å². The first kappa shape index (κ1) is 94.9. The molecule has 0 bridgehead atoms. The van der Waals surface area contributed by atoms with Crippen molar-refractivity contribution in [1.29, 1.82) is 0 Å². The number of esters is 2. The van der Waals surface area contributed by atoms with E-state index in [0.717, 1.165) is 136 Å². The van der Waals surface area contributed by atoms with Gasteiger partial charge in [-0.2, -0.15) is 0 Å². The van der Waals surface area contributed by atoms with Gasteiger partial charge in [-0.15, -0.1) is 35.3 Å². The van der Waals surface area contributed by atoms with E-state index in [2.05, 4.69) is 52.0 Å². The van der Waals surface area contributed by atoms with Gasteiger partial charge in [-0.05, 0) is 296 Å². The Hall–Kier alpha value is -8.27. The van der Waals surface area contributed by atoms with Gasteiger partial charge in [0.25, 0.3) is 0 Å². The van der Waals surface area contributed by atoms with Gasteiger partial charge >= 0.3 is 30.1 Å². The summed E-state index contributed by atoms with van der Waals surface area (Å²) in [7, 11) is 0. The number of carbonyl (C=O) groups excluding carboxylic acids is 7. The van der Waals surface area contributed by atoms with Crippen LogP contribution in [0.15, 0.2) is 124 Å². The number of hydrogen-bond donors (Lipinski definition) is 1. The number of benzene rings is 6. The Morgan fingerprint density at radius 1 is 0.414 bits per heavy atom. The number of aryl methyl sites for hydroxylation is 9. The van der Waals surface area contributed by atoms with Gasteiger partial charge in [-0.1, -0.05) is 107 Å². The lowest BCUT2D eigenvalue weighted by molar-refractivity contribution is -0.159. The Morgan fingerprint density at radius 3 is 0.991 bits per heavy atom. The van der Waals surface area contributed by atoms with Crippen LogP contribution in [0.5, 0.6) is 17.2 Å². The molecular weight excluding hydrogens is 1520 g/mol. The second-order valence-electron chi connectivity index (χ2n) is 33.6. The summed E-state index contributed by atoms with van der Waals surface area (Å²) in [5.41, 5.74) is 7.79. The van der Waals surface area contributed by atoms with Crippen LogP contribution in [0.25, 0.3) is 0 Å². The summed E-state index contributed by atoms with van der Waals surface area (Å²) < 4.78 is 39.5. The van der Waals surface area contributed by atoms with Crippen molar-refractivity contribution in [2.24, 2.45) is 47.3 Å². The highest BCUT2D eigenvalue weighted by molar-refractivity contribution is 7.99. The van der Waals surface area contributed by atoms with Crippen molar-refractivity contribution in [3.05, 3.63) is 176 Å². The van der Waals surface area contributed by atoms with E-state index in [1.54, 1.807) is 86.6 Å². The first-order chi connectivity index (χ1) is 54.8. The molecule has 1 N–H and O–H groups in total. The number of Topliss-reactive ketones (excluding diaryl/α,β-unsaturated/α-hetero) is 3. The lowest BCUT2D eigenvalue weighted by Crippen LogP contribution is -2.40. The third-order valence-electron chi connectivity index (χ3n) is 22.1. The van der Waals surface area contributed by atoms with Gasteiger partial charge in [-0.25, -0.2) is 24.0 Å². The van der Waals surface area contributed by atoms with Crippen molar-refractivity contribution in [3.8, 4) is 17.2 Å². The van der Waals surface area contributed by atoms with E-state index in [0.29, 0.717) is 98.8 Å². The minimum absolute atomic E-state index is 0.00661. The number of nitrogens with zero attached hydrogens (tertiary/aromatic N) is 2. The lowest BCUT2D eigenvalue weighted by atomic mass is 9.84. The maximum absolute atomic E-state index is 13.7. The summed E-state index contributed by atoms with van der Waals surface area (Å²) >= 11 is 4.96. The van der Waals surface area contributed by atoms with Crippen LogP contribution < -0.4 is 14.2 Å². The van der Waals surface area contributed by atoms with Crippen molar-refractivity contribution >= 4 is 82.7 Å². The molecule has 3 fully saturated rings. The Balaban J connectivity index is 0.000000242. The molecule has 6 atom stereocenters. The molecule has 6 aromatic rings. The Labute approximate surface area is 703 Å². The zero-order valence-corrected chi connectivity index (χ0v) is 75.1. The minimum atomic E-state index is -1.34. The molecule has 6 aromatic carbocycles. The highest BCUT2D eigenvalue weighted by Crippen LogP contribution is 2.41. The van der Waals surface area contributed by atoms with Gasteiger partial charge in [0.15, 0.2) is 34.2 Å². The van der Waals surface area contributed by atoms with E-state index in [4.69, 9.17) is 33.2 Å². The van der Waals surface area contributed by atoms with Gasteiger partial charge in [0.2, 0.25) is 0 Å². The maximum Gasteiger partial charge on any atom is 0.409 e. The van der Waals surface area contributed by atoms with E-state index in [9.17, 15) is 43.5 Å². The third-order valence-corrected chi connectivity index (χ3v) is 24.4. The molecule has 0 radical (unpaired) electrons.